The van der Waals surface area contributed by atoms with E-state index in [4.69, 9.17) is 4.74 Å². The molecule has 2 aliphatic rings. The summed E-state index contributed by atoms with van der Waals surface area (Å²) in [5.41, 5.74) is 3.62. The monoisotopic (exact) mass is 478 g/mol. The summed E-state index contributed by atoms with van der Waals surface area (Å²) in [6.07, 6.45) is 2.57. The molecule has 0 spiro atoms. The van der Waals surface area contributed by atoms with Crippen molar-refractivity contribution in [3.05, 3.63) is 59.7 Å². The summed E-state index contributed by atoms with van der Waals surface area (Å²) in [6, 6.07) is 15.4. The highest BCUT2D eigenvalue weighted by atomic mass is 16.5. The molecule has 2 amide bonds. The van der Waals surface area contributed by atoms with Gasteiger partial charge in [-0.3, -0.25) is 9.59 Å². The molecule has 4 rings (SSSR count). The van der Waals surface area contributed by atoms with Crippen molar-refractivity contribution in [3.63, 3.8) is 0 Å². The molecule has 1 unspecified atom stereocenters. The number of benzene rings is 2. The molecule has 0 aromatic heterocycles. The third kappa shape index (κ3) is 5.34. The first-order valence-corrected chi connectivity index (χ1v) is 12.4. The van der Waals surface area contributed by atoms with Gasteiger partial charge >= 0.3 is 12.1 Å². The van der Waals surface area contributed by atoms with Crippen molar-refractivity contribution >= 4 is 18.0 Å². The van der Waals surface area contributed by atoms with E-state index in [9.17, 15) is 19.5 Å². The normalized spacial score (nSPS) is 16.9. The minimum absolute atomic E-state index is 0.0664. The molecule has 7 heteroatoms. The molecule has 186 valence electrons. The van der Waals surface area contributed by atoms with Gasteiger partial charge in [0.1, 0.15) is 12.6 Å². The van der Waals surface area contributed by atoms with Gasteiger partial charge in [0, 0.05) is 12.5 Å². The molecule has 35 heavy (non-hydrogen) atoms. The highest BCUT2D eigenvalue weighted by Gasteiger charge is 2.42. The van der Waals surface area contributed by atoms with Crippen molar-refractivity contribution in [1.82, 2.24) is 10.6 Å². The highest BCUT2D eigenvalue weighted by Crippen LogP contribution is 2.44. The summed E-state index contributed by atoms with van der Waals surface area (Å²) in [6.45, 7) is 4.17. The Morgan fingerprint density at radius 3 is 2.11 bits per heavy atom. The Bertz CT molecular complexity index is 1040. The van der Waals surface area contributed by atoms with Gasteiger partial charge in [-0.15, -0.1) is 0 Å². The molecule has 2 aromatic carbocycles. The molecule has 7 nitrogen and oxygen atoms in total. The van der Waals surface area contributed by atoms with Crippen molar-refractivity contribution in [3.8, 4) is 11.1 Å². The van der Waals surface area contributed by atoms with Crippen LogP contribution in [0.2, 0.25) is 0 Å². The fourth-order valence-corrected chi connectivity index (χ4v) is 5.38. The Hall–Kier alpha value is -3.35. The van der Waals surface area contributed by atoms with Gasteiger partial charge in [-0.1, -0.05) is 75.2 Å². The van der Waals surface area contributed by atoms with E-state index in [2.05, 4.69) is 34.9 Å². The van der Waals surface area contributed by atoms with Gasteiger partial charge in [0.05, 0.1) is 5.41 Å². The zero-order chi connectivity index (χ0) is 25.0. The van der Waals surface area contributed by atoms with E-state index in [1.54, 1.807) is 0 Å². The molecule has 2 aliphatic carbocycles. The largest absolute Gasteiger partial charge is 0.481 e. The Labute approximate surface area is 206 Å². The lowest BCUT2D eigenvalue weighted by atomic mass is 9.86. The Morgan fingerprint density at radius 1 is 1.00 bits per heavy atom. The number of fused-ring (bicyclic) bond motifs is 3. The minimum Gasteiger partial charge on any atom is -0.481 e. The SMILES string of the molecule is CC(C)CC(NC(=O)OCC1c2ccccc2-c2ccccc21)C(=O)NCC1(C(=O)O)CCCC1. The van der Waals surface area contributed by atoms with E-state index in [1.807, 2.05) is 38.1 Å². The van der Waals surface area contributed by atoms with Gasteiger partial charge in [-0.2, -0.15) is 0 Å². The van der Waals surface area contributed by atoms with Crippen LogP contribution >= 0.6 is 0 Å². The van der Waals surface area contributed by atoms with E-state index in [1.165, 1.54) is 0 Å². The van der Waals surface area contributed by atoms with Crippen molar-refractivity contribution < 1.29 is 24.2 Å². The number of carbonyl (C=O) groups is 3. The van der Waals surface area contributed by atoms with Crippen LogP contribution in [0, 0.1) is 11.3 Å². The third-order valence-electron chi connectivity index (χ3n) is 7.27. The van der Waals surface area contributed by atoms with Crippen LogP contribution in [0.4, 0.5) is 4.79 Å². The predicted octanol–water partition coefficient (Wildman–Crippen LogP) is 4.70. The van der Waals surface area contributed by atoms with Crippen molar-refractivity contribution in [1.29, 1.82) is 0 Å². The van der Waals surface area contributed by atoms with Crippen molar-refractivity contribution in [2.45, 2.75) is 57.9 Å². The highest BCUT2D eigenvalue weighted by molar-refractivity contribution is 5.86. The maximum atomic E-state index is 12.9. The lowest BCUT2D eigenvalue weighted by molar-refractivity contribution is -0.148. The number of nitrogens with one attached hydrogen (secondary N) is 2. The number of hydrogen-bond donors (Lipinski definition) is 3. The summed E-state index contributed by atoms with van der Waals surface area (Å²) in [5.74, 6) is -1.16. The maximum Gasteiger partial charge on any atom is 0.407 e. The molecule has 0 bridgehead atoms. The minimum atomic E-state index is -0.915. The van der Waals surface area contributed by atoms with Crippen LogP contribution in [0.3, 0.4) is 0 Å². The first kappa shape index (κ1) is 24.8. The van der Waals surface area contributed by atoms with Crippen LogP contribution in [0.1, 0.15) is 63.0 Å². The quantitative estimate of drug-likeness (QED) is 0.485. The van der Waals surface area contributed by atoms with E-state index < -0.39 is 23.5 Å². The second-order valence-corrected chi connectivity index (χ2v) is 10.2. The molecule has 2 aromatic rings. The zero-order valence-electron chi connectivity index (χ0n) is 20.4. The van der Waals surface area contributed by atoms with Gasteiger partial charge in [0.25, 0.3) is 0 Å². The first-order chi connectivity index (χ1) is 16.8. The van der Waals surface area contributed by atoms with Crippen LogP contribution in [0.5, 0.6) is 0 Å². The van der Waals surface area contributed by atoms with Crippen LogP contribution in [0.25, 0.3) is 11.1 Å². The fraction of sp³-hybridized carbons (Fsp3) is 0.464. The Morgan fingerprint density at radius 2 is 1.57 bits per heavy atom. The van der Waals surface area contributed by atoms with Crippen molar-refractivity contribution in [2.24, 2.45) is 11.3 Å². The predicted molar refractivity (Wildman–Crippen MR) is 133 cm³/mol. The number of alkyl carbamates (subject to hydrolysis) is 1. The second kappa shape index (κ2) is 10.5. The van der Waals surface area contributed by atoms with E-state index in [-0.39, 0.29) is 30.9 Å². The van der Waals surface area contributed by atoms with Crippen LogP contribution < -0.4 is 10.6 Å². The Balaban J connectivity index is 1.38. The number of hydrogen-bond acceptors (Lipinski definition) is 4. The first-order valence-electron chi connectivity index (χ1n) is 12.4. The van der Waals surface area contributed by atoms with Crippen LogP contribution in [-0.2, 0) is 14.3 Å². The average molecular weight is 479 g/mol. The van der Waals surface area contributed by atoms with Gasteiger partial charge in [0.2, 0.25) is 5.91 Å². The molecule has 1 saturated carbocycles. The van der Waals surface area contributed by atoms with Gasteiger partial charge in [-0.25, -0.2) is 4.79 Å². The molecule has 3 N–H and O–H groups in total. The molecule has 0 aliphatic heterocycles. The molecule has 0 heterocycles. The number of carboxylic acid groups (broad SMARTS) is 1. The smallest absolute Gasteiger partial charge is 0.407 e. The molecular weight excluding hydrogens is 444 g/mol. The number of amides is 2. The molecule has 0 saturated heterocycles. The maximum absolute atomic E-state index is 12.9. The summed E-state index contributed by atoms with van der Waals surface area (Å²) < 4.78 is 5.61. The number of rotatable bonds is 9. The lowest BCUT2D eigenvalue weighted by Crippen LogP contribution is -2.51. The second-order valence-electron chi connectivity index (χ2n) is 10.2. The zero-order valence-corrected chi connectivity index (χ0v) is 20.4. The van der Waals surface area contributed by atoms with Gasteiger partial charge < -0.3 is 20.5 Å². The van der Waals surface area contributed by atoms with Crippen LogP contribution in [-0.4, -0.2) is 42.3 Å². The van der Waals surface area contributed by atoms with Gasteiger partial charge in [0.15, 0.2) is 0 Å². The molecule has 1 atom stereocenters. The lowest BCUT2D eigenvalue weighted by Gasteiger charge is -2.26. The number of aliphatic carboxylic acids is 1. The molecule has 0 radical (unpaired) electrons. The average Bonchev–Trinajstić information content (AvgIpc) is 3.44. The Kier molecular flexibility index (Phi) is 7.43. The number of carboxylic acids is 1. The topological polar surface area (TPSA) is 105 Å². The van der Waals surface area contributed by atoms with Crippen LogP contribution in [0.15, 0.2) is 48.5 Å². The number of ether oxygens (including phenoxy) is 1. The van der Waals surface area contributed by atoms with E-state index >= 15 is 0 Å². The van der Waals surface area contributed by atoms with Gasteiger partial charge in [-0.05, 0) is 47.4 Å². The molecule has 1 fully saturated rings. The summed E-state index contributed by atoms with van der Waals surface area (Å²) >= 11 is 0. The standard InChI is InChI=1S/C28H34N2O5/c1-18(2)15-24(25(31)29-17-28(26(32)33)13-7-8-14-28)30-27(34)35-16-23-21-11-5-3-9-19(21)20-10-4-6-12-22(20)23/h3-6,9-12,18,23-24H,7-8,13-17H2,1-2H3,(H,29,31)(H,30,34)(H,32,33). The summed E-state index contributed by atoms with van der Waals surface area (Å²) in [4.78, 5) is 37.5. The number of carbonyl (C=O) groups excluding carboxylic acids is 2. The van der Waals surface area contributed by atoms with E-state index in [0.717, 1.165) is 35.1 Å². The summed E-state index contributed by atoms with van der Waals surface area (Å²) in [7, 11) is 0. The fourth-order valence-electron chi connectivity index (χ4n) is 5.38. The summed E-state index contributed by atoms with van der Waals surface area (Å²) in [5, 5.41) is 15.2. The van der Waals surface area contributed by atoms with E-state index in [0.29, 0.717) is 19.3 Å². The third-order valence-corrected chi connectivity index (χ3v) is 7.27. The van der Waals surface area contributed by atoms with Crippen molar-refractivity contribution in [2.75, 3.05) is 13.2 Å². The molecular formula is C28H34N2O5.